The number of ether oxygens (including phenoxy) is 2. The summed E-state index contributed by atoms with van der Waals surface area (Å²) in [6.45, 7) is 6.22. The zero-order valence-electron chi connectivity index (χ0n) is 12.3. The fourth-order valence-corrected chi connectivity index (χ4v) is 2.41. The molecule has 0 spiro atoms. The van der Waals surface area contributed by atoms with Crippen LogP contribution >= 0.6 is 0 Å². The van der Waals surface area contributed by atoms with Gasteiger partial charge in [0.1, 0.15) is 6.61 Å². The second kappa shape index (κ2) is 7.60. The smallest absolute Gasteiger partial charge is 0.167 e. The van der Waals surface area contributed by atoms with E-state index in [0.29, 0.717) is 17.9 Å². The topological polar surface area (TPSA) is 30.5 Å². The van der Waals surface area contributed by atoms with Crippen molar-refractivity contribution in [3.8, 4) is 5.75 Å². The van der Waals surface area contributed by atoms with Gasteiger partial charge in [0.25, 0.3) is 0 Å². The summed E-state index contributed by atoms with van der Waals surface area (Å²) in [4.78, 5) is 0. The molecule has 1 N–H and O–H groups in total. The molecule has 1 saturated heterocycles. The lowest BCUT2D eigenvalue weighted by molar-refractivity contribution is 0.0179. The molecule has 1 aliphatic rings. The van der Waals surface area contributed by atoms with Crippen molar-refractivity contribution in [1.82, 2.24) is 5.32 Å². The van der Waals surface area contributed by atoms with Crippen LogP contribution in [0.4, 0.5) is 4.39 Å². The first-order valence-corrected chi connectivity index (χ1v) is 7.44. The second-order valence-electron chi connectivity index (χ2n) is 5.36. The summed E-state index contributed by atoms with van der Waals surface area (Å²) >= 11 is 0. The van der Waals surface area contributed by atoms with E-state index in [1.807, 2.05) is 0 Å². The van der Waals surface area contributed by atoms with Crippen LogP contribution in [0.25, 0.3) is 0 Å². The Bertz CT molecular complexity index is 425. The first-order valence-electron chi connectivity index (χ1n) is 7.44. The van der Waals surface area contributed by atoms with Gasteiger partial charge in [-0.25, -0.2) is 4.39 Å². The fraction of sp³-hybridized carbons (Fsp3) is 0.625. The number of benzene rings is 1. The van der Waals surface area contributed by atoms with E-state index in [1.54, 1.807) is 25.1 Å². The lowest BCUT2D eigenvalue weighted by Crippen LogP contribution is -2.28. The van der Waals surface area contributed by atoms with Crippen LogP contribution in [-0.4, -0.2) is 31.9 Å². The van der Waals surface area contributed by atoms with Crippen molar-refractivity contribution >= 4 is 0 Å². The van der Waals surface area contributed by atoms with Crippen molar-refractivity contribution in [3.63, 3.8) is 0 Å². The van der Waals surface area contributed by atoms with Gasteiger partial charge in [0, 0.05) is 6.54 Å². The van der Waals surface area contributed by atoms with Gasteiger partial charge in [0.15, 0.2) is 11.6 Å². The number of halogens is 1. The highest BCUT2D eigenvalue weighted by atomic mass is 19.1. The third-order valence-corrected chi connectivity index (χ3v) is 3.58. The van der Waals surface area contributed by atoms with Gasteiger partial charge >= 0.3 is 0 Å². The summed E-state index contributed by atoms with van der Waals surface area (Å²) in [5.41, 5.74) is 0.608. The molecule has 4 heteroatoms. The van der Waals surface area contributed by atoms with Crippen molar-refractivity contribution in [2.75, 3.05) is 19.7 Å². The molecule has 1 heterocycles. The quantitative estimate of drug-likeness (QED) is 0.779. The van der Waals surface area contributed by atoms with Crippen LogP contribution < -0.4 is 10.1 Å². The van der Waals surface area contributed by atoms with Crippen molar-refractivity contribution < 1.29 is 13.9 Å². The summed E-state index contributed by atoms with van der Waals surface area (Å²) in [5, 5.41) is 3.36. The Labute approximate surface area is 120 Å². The molecule has 0 amide bonds. The monoisotopic (exact) mass is 281 g/mol. The average molecular weight is 281 g/mol. The molecule has 2 atom stereocenters. The summed E-state index contributed by atoms with van der Waals surface area (Å²) in [6, 6.07) is 5.21. The average Bonchev–Trinajstić information content (AvgIpc) is 2.89. The Morgan fingerprint density at radius 1 is 1.35 bits per heavy atom. The summed E-state index contributed by atoms with van der Waals surface area (Å²) in [5.74, 6) is 0.0489. The van der Waals surface area contributed by atoms with E-state index in [0.717, 1.165) is 32.4 Å². The molecule has 0 bridgehead atoms. The van der Waals surface area contributed by atoms with Crippen molar-refractivity contribution in [2.24, 2.45) is 0 Å². The van der Waals surface area contributed by atoms with Gasteiger partial charge in [-0.2, -0.15) is 0 Å². The predicted molar refractivity (Wildman–Crippen MR) is 77.7 cm³/mol. The summed E-state index contributed by atoms with van der Waals surface area (Å²) in [6.07, 6.45) is 3.49. The molecule has 0 saturated carbocycles. The van der Waals surface area contributed by atoms with Crippen LogP contribution in [0, 0.1) is 12.7 Å². The maximum Gasteiger partial charge on any atom is 0.167 e. The molecule has 112 valence electrons. The van der Waals surface area contributed by atoms with Crippen LogP contribution in [0.3, 0.4) is 0 Å². The first-order chi connectivity index (χ1) is 9.70. The van der Waals surface area contributed by atoms with Gasteiger partial charge in [0.05, 0.1) is 12.2 Å². The fourth-order valence-electron chi connectivity index (χ4n) is 2.41. The van der Waals surface area contributed by atoms with Gasteiger partial charge < -0.3 is 14.8 Å². The van der Waals surface area contributed by atoms with E-state index in [9.17, 15) is 4.39 Å². The number of aryl methyl sites for hydroxylation is 1. The van der Waals surface area contributed by atoms with Crippen molar-refractivity contribution in [2.45, 2.75) is 45.3 Å². The van der Waals surface area contributed by atoms with Crippen molar-refractivity contribution in [1.29, 1.82) is 0 Å². The van der Waals surface area contributed by atoms with E-state index >= 15 is 0 Å². The highest BCUT2D eigenvalue weighted by molar-refractivity contribution is 5.30. The first kappa shape index (κ1) is 15.3. The van der Waals surface area contributed by atoms with Crippen LogP contribution in [-0.2, 0) is 4.74 Å². The summed E-state index contributed by atoms with van der Waals surface area (Å²) < 4.78 is 25.2. The SMILES string of the molecule is CCCNCC1CCC(COc2cccc(C)c2F)O1. The Morgan fingerprint density at radius 2 is 2.15 bits per heavy atom. The normalized spacial score (nSPS) is 22.1. The Balaban J connectivity index is 1.74. The number of nitrogens with one attached hydrogen (secondary N) is 1. The van der Waals surface area contributed by atoms with Crippen LogP contribution in [0.15, 0.2) is 18.2 Å². The molecule has 1 aromatic rings. The largest absolute Gasteiger partial charge is 0.488 e. The van der Waals surface area contributed by atoms with Gasteiger partial charge in [-0.1, -0.05) is 19.1 Å². The lowest BCUT2D eigenvalue weighted by atomic mass is 10.2. The standard InChI is InChI=1S/C16H24FNO2/c1-3-9-18-10-13-7-8-14(20-13)11-19-15-6-4-5-12(2)16(15)17/h4-6,13-14,18H,3,7-11H2,1-2H3. The highest BCUT2D eigenvalue weighted by Gasteiger charge is 2.25. The minimum Gasteiger partial charge on any atom is -0.488 e. The molecule has 0 radical (unpaired) electrons. The minimum atomic E-state index is -0.272. The van der Waals surface area contributed by atoms with E-state index < -0.39 is 0 Å². The number of rotatable bonds is 7. The molecule has 0 aliphatic carbocycles. The lowest BCUT2D eigenvalue weighted by Gasteiger charge is -2.15. The maximum atomic E-state index is 13.8. The molecule has 0 aromatic heterocycles. The van der Waals surface area contributed by atoms with Gasteiger partial charge in [-0.05, 0) is 44.4 Å². The molecule has 2 unspecified atom stereocenters. The molecular weight excluding hydrogens is 257 g/mol. The Hall–Kier alpha value is -1.13. The molecule has 1 fully saturated rings. The second-order valence-corrected chi connectivity index (χ2v) is 5.36. The summed E-state index contributed by atoms with van der Waals surface area (Å²) in [7, 11) is 0. The molecule has 3 nitrogen and oxygen atoms in total. The number of hydrogen-bond acceptors (Lipinski definition) is 3. The van der Waals surface area contributed by atoms with E-state index in [4.69, 9.17) is 9.47 Å². The van der Waals surface area contributed by atoms with Gasteiger partial charge in [-0.15, -0.1) is 0 Å². The van der Waals surface area contributed by atoms with Crippen LogP contribution in [0.5, 0.6) is 5.75 Å². The van der Waals surface area contributed by atoms with Gasteiger partial charge in [-0.3, -0.25) is 0 Å². The van der Waals surface area contributed by atoms with E-state index in [2.05, 4.69) is 12.2 Å². The molecule has 1 aromatic carbocycles. The Kier molecular flexibility index (Phi) is 5.80. The minimum absolute atomic E-state index is 0.0725. The number of hydrogen-bond donors (Lipinski definition) is 1. The highest BCUT2D eigenvalue weighted by Crippen LogP contribution is 2.23. The van der Waals surface area contributed by atoms with Crippen LogP contribution in [0.1, 0.15) is 31.7 Å². The third kappa shape index (κ3) is 4.18. The Morgan fingerprint density at radius 3 is 2.95 bits per heavy atom. The van der Waals surface area contributed by atoms with E-state index in [-0.39, 0.29) is 18.0 Å². The van der Waals surface area contributed by atoms with Crippen molar-refractivity contribution in [3.05, 3.63) is 29.6 Å². The molecule has 20 heavy (non-hydrogen) atoms. The molecular formula is C16H24FNO2. The zero-order chi connectivity index (χ0) is 14.4. The van der Waals surface area contributed by atoms with Crippen LogP contribution in [0.2, 0.25) is 0 Å². The van der Waals surface area contributed by atoms with Gasteiger partial charge in [0.2, 0.25) is 0 Å². The third-order valence-electron chi connectivity index (χ3n) is 3.58. The maximum absolute atomic E-state index is 13.8. The molecule has 1 aliphatic heterocycles. The zero-order valence-corrected chi connectivity index (χ0v) is 12.3. The van der Waals surface area contributed by atoms with E-state index in [1.165, 1.54) is 0 Å². The predicted octanol–water partition coefficient (Wildman–Crippen LogP) is 3.06. The molecule has 2 rings (SSSR count).